The first kappa shape index (κ1) is 9.28. The maximum absolute atomic E-state index is 5.75. The molecule has 0 radical (unpaired) electrons. The fraction of sp³-hybridized carbons (Fsp3) is 0.182. The van der Waals surface area contributed by atoms with Crippen LogP contribution in [0.25, 0.3) is 11.3 Å². The molecule has 2 aromatic rings. The van der Waals surface area contributed by atoms with E-state index in [1.165, 1.54) is 5.56 Å². The van der Waals surface area contributed by atoms with Gasteiger partial charge in [-0.1, -0.05) is 35.0 Å². The van der Waals surface area contributed by atoms with E-state index in [0.717, 1.165) is 16.9 Å². The zero-order valence-corrected chi connectivity index (χ0v) is 8.58. The van der Waals surface area contributed by atoms with Crippen LogP contribution in [0.1, 0.15) is 11.1 Å². The monoisotopic (exact) mass is 207 g/mol. The molecule has 1 aromatic heterocycles. The van der Waals surface area contributed by atoms with Gasteiger partial charge in [-0.25, -0.2) is 0 Å². The highest BCUT2D eigenvalue weighted by Crippen LogP contribution is 2.24. The van der Waals surface area contributed by atoms with Crippen molar-refractivity contribution in [1.29, 1.82) is 0 Å². The first-order chi connectivity index (χ1) is 6.81. The quantitative estimate of drug-likeness (QED) is 0.706. The summed E-state index contributed by atoms with van der Waals surface area (Å²) in [6.45, 7) is 2.05. The minimum absolute atomic E-state index is 0.423. The summed E-state index contributed by atoms with van der Waals surface area (Å²) in [4.78, 5) is 0. The van der Waals surface area contributed by atoms with E-state index >= 15 is 0 Å². The van der Waals surface area contributed by atoms with E-state index in [1.54, 1.807) is 6.20 Å². The first-order valence-corrected chi connectivity index (χ1v) is 4.91. The van der Waals surface area contributed by atoms with Gasteiger partial charge in [0.25, 0.3) is 0 Å². The molecule has 0 atom stereocenters. The molecule has 0 fully saturated rings. The van der Waals surface area contributed by atoms with Crippen LogP contribution in [0, 0.1) is 6.92 Å². The Labute approximate surface area is 87.5 Å². The van der Waals surface area contributed by atoms with Crippen LogP contribution in [0.5, 0.6) is 0 Å². The van der Waals surface area contributed by atoms with Crippen LogP contribution in [0.15, 0.2) is 35.0 Å². The molecule has 0 bridgehead atoms. The lowest BCUT2D eigenvalue weighted by atomic mass is 10.1. The molecule has 3 heteroatoms. The maximum atomic E-state index is 5.75. The summed E-state index contributed by atoms with van der Waals surface area (Å²) in [6, 6.07) is 8.09. The number of rotatable bonds is 2. The number of alkyl halides is 1. The summed E-state index contributed by atoms with van der Waals surface area (Å²) in [7, 11) is 0. The van der Waals surface area contributed by atoms with Gasteiger partial charge in [0.15, 0.2) is 5.76 Å². The third kappa shape index (κ3) is 1.66. The minimum Gasteiger partial charge on any atom is -0.356 e. The van der Waals surface area contributed by atoms with Crippen molar-refractivity contribution in [2.75, 3.05) is 0 Å². The topological polar surface area (TPSA) is 26.0 Å². The van der Waals surface area contributed by atoms with E-state index < -0.39 is 0 Å². The number of hydrogen-bond acceptors (Lipinski definition) is 2. The van der Waals surface area contributed by atoms with Crippen LogP contribution < -0.4 is 0 Å². The molecule has 2 nitrogen and oxygen atoms in total. The van der Waals surface area contributed by atoms with Crippen molar-refractivity contribution in [2.24, 2.45) is 0 Å². The van der Waals surface area contributed by atoms with E-state index in [0.29, 0.717) is 5.88 Å². The molecule has 1 heterocycles. The van der Waals surface area contributed by atoms with E-state index in [4.69, 9.17) is 16.1 Å². The van der Waals surface area contributed by atoms with Gasteiger partial charge in [0.1, 0.15) is 0 Å². The smallest absolute Gasteiger partial charge is 0.171 e. The van der Waals surface area contributed by atoms with Crippen LogP contribution in [0.4, 0.5) is 0 Å². The number of nitrogens with zero attached hydrogens (tertiary/aromatic N) is 1. The lowest BCUT2D eigenvalue weighted by Gasteiger charge is -1.98. The highest BCUT2D eigenvalue weighted by atomic mass is 35.5. The second-order valence-electron chi connectivity index (χ2n) is 3.18. The number of aromatic nitrogens is 1. The molecule has 0 aliphatic heterocycles. The van der Waals surface area contributed by atoms with Crippen LogP contribution in [-0.2, 0) is 5.88 Å². The normalized spacial score (nSPS) is 10.4. The van der Waals surface area contributed by atoms with Crippen LogP contribution in [0.3, 0.4) is 0 Å². The van der Waals surface area contributed by atoms with Gasteiger partial charge in [-0.2, -0.15) is 0 Å². The Bertz CT molecular complexity index is 419. The fourth-order valence-electron chi connectivity index (χ4n) is 1.30. The van der Waals surface area contributed by atoms with Gasteiger partial charge in [-0.05, 0) is 6.92 Å². The molecule has 2 rings (SSSR count). The van der Waals surface area contributed by atoms with Gasteiger partial charge >= 0.3 is 0 Å². The average molecular weight is 208 g/mol. The molecule has 72 valence electrons. The maximum Gasteiger partial charge on any atom is 0.171 e. The predicted molar refractivity (Wildman–Crippen MR) is 56.2 cm³/mol. The molecule has 0 unspecified atom stereocenters. The number of aryl methyl sites for hydroxylation is 1. The Morgan fingerprint density at radius 1 is 1.29 bits per heavy atom. The van der Waals surface area contributed by atoms with Crippen LogP contribution in [-0.4, -0.2) is 5.16 Å². The molecule has 0 amide bonds. The summed E-state index contributed by atoms with van der Waals surface area (Å²) in [6.07, 6.45) is 1.65. The van der Waals surface area contributed by atoms with Crippen LogP contribution in [0.2, 0.25) is 0 Å². The number of benzene rings is 1. The summed E-state index contributed by atoms with van der Waals surface area (Å²) in [5.74, 6) is 1.19. The Hall–Kier alpha value is -1.28. The van der Waals surface area contributed by atoms with Crippen molar-refractivity contribution in [3.05, 3.63) is 41.6 Å². The van der Waals surface area contributed by atoms with Crippen molar-refractivity contribution in [3.8, 4) is 11.3 Å². The summed E-state index contributed by atoms with van der Waals surface area (Å²) in [5, 5.41) is 3.73. The largest absolute Gasteiger partial charge is 0.356 e. The van der Waals surface area contributed by atoms with Gasteiger partial charge in [0.2, 0.25) is 0 Å². The van der Waals surface area contributed by atoms with Crippen molar-refractivity contribution >= 4 is 11.6 Å². The lowest BCUT2D eigenvalue weighted by Crippen LogP contribution is -1.80. The molecule has 0 aliphatic rings. The molecule has 0 saturated heterocycles. The van der Waals surface area contributed by atoms with Gasteiger partial charge in [0.05, 0.1) is 12.1 Å². The number of halogens is 1. The summed E-state index contributed by atoms with van der Waals surface area (Å²) in [5.41, 5.74) is 3.17. The Kier molecular flexibility index (Phi) is 2.55. The minimum atomic E-state index is 0.423. The fourth-order valence-corrected chi connectivity index (χ4v) is 1.49. The molecule has 14 heavy (non-hydrogen) atoms. The van der Waals surface area contributed by atoms with Crippen molar-refractivity contribution in [1.82, 2.24) is 5.16 Å². The van der Waals surface area contributed by atoms with Crippen molar-refractivity contribution < 1.29 is 4.52 Å². The van der Waals surface area contributed by atoms with E-state index in [-0.39, 0.29) is 0 Å². The molecule has 0 spiro atoms. The Morgan fingerprint density at radius 3 is 2.64 bits per heavy atom. The van der Waals surface area contributed by atoms with E-state index in [9.17, 15) is 0 Å². The van der Waals surface area contributed by atoms with E-state index in [2.05, 4.69) is 5.16 Å². The second kappa shape index (κ2) is 3.84. The zero-order chi connectivity index (χ0) is 9.97. The van der Waals surface area contributed by atoms with Gasteiger partial charge < -0.3 is 4.52 Å². The van der Waals surface area contributed by atoms with Gasteiger partial charge in [-0.3, -0.25) is 0 Å². The third-order valence-electron chi connectivity index (χ3n) is 2.10. The standard InChI is InChI=1S/C11H10ClNO/c1-8-2-4-9(5-3-8)11-10(6-12)7-13-14-11/h2-5,7H,6H2,1H3. The highest BCUT2D eigenvalue weighted by molar-refractivity contribution is 6.17. The van der Waals surface area contributed by atoms with Crippen molar-refractivity contribution in [3.63, 3.8) is 0 Å². The van der Waals surface area contributed by atoms with Gasteiger partial charge in [0, 0.05) is 11.1 Å². The Morgan fingerprint density at radius 2 is 2.00 bits per heavy atom. The highest BCUT2D eigenvalue weighted by Gasteiger charge is 2.08. The summed E-state index contributed by atoms with van der Waals surface area (Å²) >= 11 is 5.75. The predicted octanol–water partition coefficient (Wildman–Crippen LogP) is 3.39. The molecule has 0 aliphatic carbocycles. The number of hydrogen-bond donors (Lipinski definition) is 0. The first-order valence-electron chi connectivity index (χ1n) is 4.38. The molecule has 0 saturated carbocycles. The molecular weight excluding hydrogens is 198 g/mol. The Balaban J connectivity index is 2.44. The van der Waals surface area contributed by atoms with E-state index in [1.807, 2.05) is 31.2 Å². The SMILES string of the molecule is Cc1ccc(-c2oncc2CCl)cc1. The average Bonchev–Trinajstić information content (AvgIpc) is 2.67. The second-order valence-corrected chi connectivity index (χ2v) is 3.45. The lowest BCUT2D eigenvalue weighted by molar-refractivity contribution is 0.432. The molecular formula is C11H10ClNO. The summed E-state index contributed by atoms with van der Waals surface area (Å²) < 4.78 is 5.15. The van der Waals surface area contributed by atoms with Crippen LogP contribution >= 0.6 is 11.6 Å². The van der Waals surface area contributed by atoms with Crippen molar-refractivity contribution in [2.45, 2.75) is 12.8 Å². The zero-order valence-electron chi connectivity index (χ0n) is 7.83. The third-order valence-corrected chi connectivity index (χ3v) is 2.39. The molecule has 0 N–H and O–H groups in total. The van der Waals surface area contributed by atoms with Gasteiger partial charge in [-0.15, -0.1) is 11.6 Å². The molecule has 1 aromatic carbocycles.